The lowest BCUT2D eigenvalue weighted by molar-refractivity contribution is -0.128. The number of amides is 1. The van der Waals surface area contributed by atoms with Gasteiger partial charge >= 0.3 is 0 Å². The number of fused-ring (bicyclic) bond motifs is 1. The Kier molecular flexibility index (Phi) is 13.0. The van der Waals surface area contributed by atoms with Gasteiger partial charge in [-0.2, -0.15) is 0 Å². The van der Waals surface area contributed by atoms with Gasteiger partial charge in [0.05, 0.1) is 17.2 Å². The minimum Gasteiger partial charge on any atom is -0.396 e. The number of hydrogen-bond acceptors (Lipinski definition) is 6. The van der Waals surface area contributed by atoms with Gasteiger partial charge in [-0.3, -0.25) is 23.6 Å². The SMILES string of the molecule is CC.CC.CS(=O)C(CCn1cnc2cc(-c3ccc(CCO)cc3)ccc2c1=O)C(=O)NO. The fourth-order valence-electron chi connectivity index (χ4n) is 3.27. The van der Waals surface area contributed by atoms with Crippen LogP contribution in [0, 0.1) is 0 Å². The molecule has 0 saturated carbocycles. The molecule has 0 spiro atoms. The summed E-state index contributed by atoms with van der Waals surface area (Å²) in [6.45, 7) is 8.25. The van der Waals surface area contributed by atoms with E-state index in [9.17, 15) is 13.8 Å². The maximum absolute atomic E-state index is 12.8. The molecule has 2 unspecified atom stereocenters. The Morgan fingerprint density at radius 2 is 1.71 bits per heavy atom. The Hall–Kier alpha value is -2.88. The summed E-state index contributed by atoms with van der Waals surface area (Å²) in [6, 6.07) is 13.2. The third-order valence-corrected chi connectivity index (χ3v) is 6.20. The van der Waals surface area contributed by atoms with Crippen LogP contribution in [0.4, 0.5) is 0 Å². The van der Waals surface area contributed by atoms with Crippen molar-refractivity contribution in [2.75, 3.05) is 12.9 Å². The number of nitrogens with one attached hydrogen (secondary N) is 1. The molecular weight excluding hydrogens is 454 g/mol. The second-order valence-electron chi connectivity index (χ2n) is 6.90. The van der Waals surface area contributed by atoms with Gasteiger partial charge in [-0.05, 0) is 41.7 Å². The number of hydroxylamine groups is 1. The molecule has 3 rings (SSSR count). The van der Waals surface area contributed by atoms with Crippen LogP contribution in [0.5, 0.6) is 0 Å². The van der Waals surface area contributed by atoms with Crippen molar-refractivity contribution >= 4 is 27.6 Å². The third-order valence-electron chi connectivity index (χ3n) is 4.95. The maximum Gasteiger partial charge on any atom is 0.261 e. The number of carbonyl (C=O) groups excluding carboxylic acids is 1. The van der Waals surface area contributed by atoms with Gasteiger partial charge in [-0.25, -0.2) is 10.5 Å². The molecule has 3 aromatic rings. The Bertz CT molecular complexity index is 1130. The number of benzene rings is 2. The highest BCUT2D eigenvalue weighted by molar-refractivity contribution is 7.85. The summed E-state index contributed by atoms with van der Waals surface area (Å²) in [5.41, 5.74) is 4.75. The van der Waals surface area contributed by atoms with Crippen molar-refractivity contribution in [2.45, 2.75) is 52.3 Å². The summed E-state index contributed by atoms with van der Waals surface area (Å²) in [5, 5.41) is 17.3. The van der Waals surface area contributed by atoms with Gasteiger partial charge in [0, 0.05) is 30.2 Å². The fraction of sp³-hybridized carbons (Fsp3) is 0.400. The number of aryl methyl sites for hydroxylation is 1. The Labute approximate surface area is 203 Å². The predicted octanol–water partition coefficient (Wildman–Crippen LogP) is 3.29. The average molecular weight is 490 g/mol. The molecule has 9 heteroatoms. The number of aromatic nitrogens is 2. The normalized spacial score (nSPS) is 12.0. The molecule has 34 heavy (non-hydrogen) atoms. The second kappa shape index (κ2) is 15.1. The highest BCUT2D eigenvalue weighted by Gasteiger charge is 2.22. The van der Waals surface area contributed by atoms with Crippen molar-refractivity contribution in [3.63, 3.8) is 0 Å². The van der Waals surface area contributed by atoms with Crippen LogP contribution in [0.1, 0.15) is 39.7 Å². The van der Waals surface area contributed by atoms with Crippen LogP contribution in [0.15, 0.2) is 53.6 Å². The Morgan fingerprint density at radius 3 is 2.26 bits per heavy atom. The molecule has 0 aliphatic rings. The van der Waals surface area contributed by atoms with Crippen molar-refractivity contribution in [2.24, 2.45) is 0 Å². The third kappa shape index (κ3) is 7.58. The van der Waals surface area contributed by atoms with Crippen molar-refractivity contribution in [3.8, 4) is 11.1 Å². The summed E-state index contributed by atoms with van der Waals surface area (Å²) in [4.78, 5) is 28.8. The van der Waals surface area contributed by atoms with Gasteiger partial charge in [0.25, 0.3) is 11.5 Å². The van der Waals surface area contributed by atoms with E-state index in [0.717, 1.165) is 16.7 Å². The van der Waals surface area contributed by atoms with Gasteiger partial charge in [0.2, 0.25) is 0 Å². The molecule has 1 aromatic heterocycles. The lowest BCUT2D eigenvalue weighted by Crippen LogP contribution is -2.36. The molecule has 1 heterocycles. The molecule has 0 bridgehead atoms. The summed E-state index contributed by atoms with van der Waals surface area (Å²) >= 11 is 0. The van der Waals surface area contributed by atoms with E-state index in [1.807, 2.05) is 64.1 Å². The Balaban J connectivity index is 0.00000137. The van der Waals surface area contributed by atoms with Crippen molar-refractivity contribution in [1.82, 2.24) is 15.0 Å². The van der Waals surface area contributed by atoms with Crippen molar-refractivity contribution in [3.05, 3.63) is 64.7 Å². The number of hydrogen-bond donors (Lipinski definition) is 3. The van der Waals surface area contributed by atoms with Crippen LogP contribution in [0.2, 0.25) is 0 Å². The number of nitrogens with zero attached hydrogens (tertiary/aromatic N) is 2. The molecule has 0 saturated heterocycles. The van der Waals surface area contributed by atoms with E-state index in [2.05, 4.69) is 4.98 Å². The minimum absolute atomic E-state index is 0.102. The molecule has 2 atom stereocenters. The first kappa shape index (κ1) is 29.2. The monoisotopic (exact) mass is 489 g/mol. The van der Waals surface area contributed by atoms with Crippen LogP contribution >= 0.6 is 0 Å². The minimum atomic E-state index is -1.49. The molecule has 0 radical (unpaired) electrons. The molecule has 2 aromatic carbocycles. The van der Waals surface area contributed by atoms with E-state index < -0.39 is 22.0 Å². The lowest BCUT2D eigenvalue weighted by Gasteiger charge is -2.13. The molecule has 0 aliphatic heterocycles. The zero-order chi connectivity index (χ0) is 25.7. The van der Waals surface area contributed by atoms with Gasteiger partial charge in [0.1, 0.15) is 5.25 Å². The highest BCUT2D eigenvalue weighted by atomic mass is 32.2. The van der Waals surface area contributed by atoms with Gasteiger partial charge in [-0.1, -0.05) is 58.0 Å². The van der Waals surface area contributed by atoms with E-state index in [4.69, 9.17) is 10.3 Å². The first-order valence-corrected chi connectivity index (χ1v) is 13.0. The van der Waals surface area contributed by atoms with Crippen molar-refractivity contribution in [1.29, 1.82) is 0 Å². The first-order chi connectivity index (χ1) is 16.4. The molecular formula is C25H35N3O5S. The number of carbonyl (C=O) groups is 1. The standard InChI is InChI=1S/C21H23N3O5S.2C2H6/c1-30(29)19(20(26)23-28)8-10-24-13-22-18-12-16(6-7-17(18)21(24)27)15-4-2-14(3-5-15)9-11-25;2*1-2/h2-7,12-13,19,25,28H,8-11H2,1H3,(H,23,26);2*1-2H3. The molecule has 1 amide bonds. The average Bonchev–Trinajstić information content (AvgIpc) is 2.88. The maximum atomic E-state index is 12.8. The van der Waals surface area contributed by atoms with E-state index in [1.54, 1.807) is 6.07 Å². The molecule has 8 nitrogen and oxygen atoms in total. The largest absolute Gasteiger partial charge is 0.396 e. The van der Waals surface area contributed by atoms with Crippen molar-refractivity contribution < 1.29 is 19.3 Å². The molecule has 186 valence electrons. The van der Waals surface area contributed by atoms with Crippen LogP contribution in [0.3, 0.4) is 0 Å². The van der Waals surface area contributed by atoms with Crippen LogP contribution in [-0.4, -0.2) is 48.1 Å². The number of rotatable bonds is 8. The smallest absolute Gasteiger partial charge is 0.261 e. The highest BCUT2D eigenvalue weighted by Crippen LogP contribution is 2.23. The summed E-state index contributed by atoms with van der Waals surface area (Å²) in [5.74, 6) is -0.743. The van der Waals surface area contributed by atoms with Gasteiger partial charge in [0.15, 0.2) is 0 Å². The van der Waals surface area contributed by atoms with Gasteiger partial charge in [-0.15, -0.1) is 0 Å². The van der Waals surface area contributed by atoms with Crippen LogP contribution < -0.4 is 11.0 Å². The van der Waals surface area contributed by atoms with E-state index in [-0.39, 0.29) is 25.1 Å². The quantitative estimate of drug-likeness (QED) is 0.330. The van der Waals surface area contributed by atoms with Gasteiger partial charge < -0.3 is 5.11 Å². The topological polar surface area (TPSA) is 122 Å². The summed E-state index contributed by atoms with van der Waals surface area (Å²) in [7, 11) is -1.49. The van der Waals surface area contributed by atoms with E-state index in [1.165, 1.54) is 22.6 Å². The fourth-order valence-corrected chi connectivity index (χ4v) is 4.06. The first-order valence-electron chi connectivity index (χ1n) is 11.4. The summed E-state index contributed by atoms with van der Waals surface area (Å²) < 4.78 is 13.1. The van der Waals surface area contributed by atoms with E-state index >= 15 is 0 Å². The lowest BCUT2D eigenvalue weighted by atomic mass is 10.0. The summed E-state index contributed by atoms with van der Waals surface area (Å²) in [6.07, 6.45) is 3.51. The molecule has 0 fully saturated rings. The molecule has 0 aliphatic carbocycles. The van der Waals surface area contributed by atoms with Crippen LogP contribution in [0.25, 0.3) is 22.0 Å². The number of aliphatic hydroxyl groups excluding tert-OH is 1. The zero-order valence-corrected chi connectivity index (χ0v) is 21.3. The Morgan fingerprint density at radius 1 is 1.09 bits per heavy atom. The zero-order valence-electron chi connectivity index (χ0n) is 20.4. The van der Waals surface area contributed by atoms with Crippen LogP contribution in [-0.2, 0) is 28.6 Å². The molecule has 3 N–H and O–H groups in total. The predicted molar refractivity (Wildman–Crippen MR) is 137 cm³/mol. The van der Waals surface area contributed by atoms with E-state index in [0.29, 0.717) is 17.3 Å². The second-order valence-corrected chi connectivity index (χ2v) is 8.46. The number of aliphatic hydroxyl groups is 1.